The zero-order valence-electron chi connectivity index (χ0n) is 12.8. The molecule has 3 rings (SSSR count). The molecule has 0 atom stereocenters. The molecule has 0 radical (unpaired) electrons. The molecule has 0 aliphatic heterocycles. The zero-order chi connectivity index (χ0) is 14.5. The average molecular weight is 284 g/mol. The van der Waals surface area contributed by atoms with Crippen molar-refractivity contribution in [3.05, 3.63) is 36.0 Å². The van der Waals surface area contributed by atoms with Gasteiger partial charge >= 0.3 is 0 Å². The van der Waals surface area contributed by atoms with Crippen LogP contribution in [0.3, 0.4) is 0 Å². The van der Waals surface area contributed by atoms with Crippen molar-refractivity contribution < 1.29 is 4.74 Å². The second-order valence-corrected chi connectivity index (χ2v) is 5.84. The van der Waals surface area contributed by atoms with Crippen molar-refractivity contribution >= 4 is 10.8 Å². The van der Waals surface area contributed by atoms with Gasteiger partial charge in [-0.3, -0.25) is 0 Å². The molecule has 1 aliphatic rings. The molecule has 3 heteroatoms. The first-order valence-corrected chi connectivity index (χ1v) is 8.12. The van der Waals surface area contributed by atoms with Gasteiger partial charge in [0.05, 0.1) is 0 Å². The first kappa shape index (κ1) is 14.3. The molecule has 0 saturated heterocycles. The van der Waals surface area contributed by atoms with Crippen LogP contribution in [0.4, 0.5) is 0 Å². The smallest absolute Gasteiger partial charge is 0.221 e. The van der Waals surface area contributed by atoms with Gasteiger partial charge in [-0.15, -0.1) is 0 Å². The van der Waals surface area contributed by atoms with E-state index in [0.29, 0.717) is 6.10 Å². The number of pyridine rings is 1. The Morgan fingerprint density at radius 3 is 2.71 bits per heavy atom. The molecule has 1 aromatic carbocycles. The highest BCUT2D eigenvalue weighted by Gasteiger charge is 2.18. The lowest BCUT2D eigenvalue weighted by molar-refractivity contribution is 0.204. The number of nitrogens with one attached hydrogen (secondary N) is 1. The summed E-state index contributed by atoms with van der Waals surface area (Å²) >= 11 is 0. The van der Waals surface area contributed by atoms with E-state index in [1.807, 2.05) is 6.20 Å². The normalized spacial score (nSPS) is 15.7. The van der Waals surface area contributed by atoms with Crippen LogP contribution in [0.5, 0.6) is 5.88 Å². The predicted molar refractivity (Wildman–Crippen MR) is 86.6 cm³/mol. The largest absolute Gasteiger partial charge is 0.474 e. The van der Waals surface area contributed by atoms with Gasteiger partial charge in [-0.05, 0) is 55.7 Å². The number of benzene rings is 1. The summed E-state index contributed by atoms with van der Waals surface area (Å²) in [5, 5.41) is 5.85. The number of nitrogens with zero attached hydrogens (tertiary/aromatic N) is 1. The summed E-state index contributed by atoms with van der Waals surface area (Å²) in [4.78, 5) is 4.59. The van der Waals surface area contributed by atoms with Crippen molar-refractivity contribution in [3.63, 3.8) is 0 Å². The molecule has 3 nitrogen and oxygen atoms in total. The lowest BCUT2D eigenvalue weighted by atomic mass is 10.1. The van der Waals surface area contributed by atoms with Crippen LogP contribution < -0.4 is 10.1 Å². The lowest BCUT2D eigenvalue weighted by Gasteiger charge is -2.15. The average Bonchev–Trinajstić information content (AvgIpc) is 3.02. The maximum atomic E-state index is 6.14. The van der Waals surface area contributed by atoms with Gasteiger partial charge in [-0.25, -0.2) is 4.98 Å². The number of fused-ring (bicyclic) bond motifs is 1. The quantitative estimate of drug-likeness (QED) is 0.812. The Morgan fingerprint density at radius 1 is 1.19 bits per heavy atom. The third kappa shape index (κ3) is 3.35. The second kappa shape index (κ2) is 6.90. The number of ether oxygens (including phenoxy) is 1. The fourth-order valence-electron chi connectivity index (χ4n) is 3.02. The van der Waals surface area contributed by atoms with Crippen LogP contribution in [-0.2, 0) is 6.54 Å². The van der Waals surface area contributed by atoms with Crippen molar-refractivity contribution in [2.45, 2.75) is 51.7 Å². The summed E-state index contributed by atoms with van der Waals surface area (Å²) in [5.41, 5.74) is 1.25. The predicted octanol–water partition coefficient (Wildman–Crippen LogP) is 4.06. The molecule has 1 N–H and O–H groups in total. The first-order valence-electron chi connectivity index (χ1n) is 8.12. The molecule has 0 bridgehead atoms. The van der Waals surface area contributed by atoms with Gasteiger partial charge in [-0.1, -0.05) is 25.1 Å². The maximum Gasteiger partial charge on any atom is 0.221 e. The molecule has 1 fully saturated rings. The zero-order valence-corrected chi connectivity index (χ0v) is 12.8. The minimum absolute atomic E-state index is 0.352. The van der Waals surface area contributed by atoms with E-state index in [-0.39, 0.29) is 0 Å². The van der Waals surface area contributed by atoms with Crippen molar-refractivity contribution in [1.82, 2.24) is 10.3 Å². The third-order valence-electron chi connectivity index (χ3n) is 4.16. The first-order chi connectivity index (χ1) is 10.4. The standard InChI is InChI=1S/C18H24N2O/c1-2-11-19-12-14-13-20-18(21-15-7-3-4-8-15)17-10-6-5-9-16(14)17/h5-6,9-10,13,15,19H,2-4,7-8,11-12H2,1H3. The Morgan fingerprint density at radius 2 is 1.95 bits per heavy atom. The van der Waals surface area contributed by atoms with E-state index >= 15 is 0 Å². The number of hydrogen-bond donors (Lipinski definition) is 1. The molecule has 0 spiro atoms. The Hall–Kier alpha value is -1.61. The summed E-state index contributed by atoms with van der Waals surface area (Å²) in [6.45, 7) is 4.08. The number of aromatic nitrogens is 1. The third-order valence-corrected chi connectivity index (χ3v) is 4.16. The highest BCUT2D eigenvalue weighted by molar-refractivity contribution is 5.89. The summed E-state index contributed by atoms with van der Waals surface area (Å²) in [7, 11) is 0. The van der Waals surface area contributed by atoms with Crippen molar-refractivity contribution in [2.75, 3.05) is 6.54 Å². The molecule has 21 heavy (non-hydrogen) atoms. The minimum atomic E-state index is 0.352. The Bertz CT molecular complexity index is 591. The topological polar surface area (TPSA) is 34.2 Å². The Kier molecular flexibility index (Phi) is 4.71. The molecule has 1 aromatic heterocycles. The van der Waals surface area contributed by atoms with Crippen molar-refractivity contribution in [1.29, 1.82) is 0 Å². The second-order valence-electron chi connectivity index (χ2n) is 5.84. The molecular weight excluding hydrogens is 260 g/mol. The molecule has 1 heterocycles. The van der Waals surface area contributed by atoms with Gasteiger partial charge in [0.2, 0.25) is 5.88 Å². The Balaban J connectivity index is 1.86. The SMILES string of the molecule is CCCNCc1cnc(OC2CCCC2)c2ccccc12. The van der Waals surface area contributed by atoms with E-state index in [4.69, 9.17) is 4.74 Å². The van der Waals surface area contributed by atoms with E-state index in [2.05, 4.69) is 41.5 Å². The van der Waals surface area contributed by atoms with E-state index < -0.39 is 0 Å². The Labute approximate surface area is 126 Å². The number of hydrogen-bond acceptors (Lipinski definition) is 3. The summed E-state index contributed by atoms with van der Waals surface area (Å²) in [6.07, 6.45) is 8.35. The van der Waals surface area contributed by atoms with Gasteiger partial charge in [0.1, 0.15) is 6.10 Å². The molecule has 2 aromatic rings. The van der Waals surface area contributed by atoms with Gasteiger partial charge in [0.15, 0.2) is 0 Å². The molecule has 1 saturated carbocycles. The van der Waals surface area contributed by atoms with Gasteiger partial charge < -0.3 is 10.1 Å². The monoisotopic (exact) mass is 284 g/mol. The number of rotatable bonds is 6. The molecule has 1 aliphatic carbocycles. The van der Waals surface area contributed by atoms with E-state index in [9.17, 15) is 0 Å². The van der Waals surface area contributed by atoms with Crippen LogP contribution >= 0.6 is 0 Å². The van der Waals surface area contributed by atoms with E-state index in [1.54, 1.807) is 0 Å². The van der Waals surface area contributed by atoms with E-state index in [0.717, 1.165) is 43.6 Å². The van der Waals surface area contributed by atoms with Crippen LogP contribution in [0.2, 0.25) is 0 Å². The molecular formula is C18H24N2O. The van der Waals surface area contributed by atoms with Crippen LogP contribution in [0.25, 0.3) is 10.8 Å². The summed E-state index contributed by atoms with van der Waals surface area (Å²) in [6, 6.07) is 8.44. The molecule has 0 amide bonds. The highest BCUT2D eigenvalue weighted by Crippen LogP contribution is 2.30. The maximum absolute atomic E-state index is 6.14. The van der Waals surface area contributed by atoms with Gasteiger partial charge in [0.25, 0.3) is 0 Å². The van der Waals surface area contributed by atoms with Crippen LogP contribution in [0, 0.1) is 0 Å². The van der Waals surface area contributed by atoms with Crippen LogP contribution in [0.1, 0.15) is 44.6 Å². The highest BCUT2D eigenvalue weighted by atomic mass is 16.5. The molecule has 112 valence electrons. The lowest BCUT2D eigenvalue weighted by Crippen LogP contribution is -2.15. The van der Waals surface area contributed by atoms with Gasteiger partial charge in [-0.2, -0.15) is 0 Å². The fraction of sp³-hybridized carbons (Fsp3) is 0.500. The molecule has 0 unspecified atom stereocenters. The minimum Gasteiger partial charge on any atom is -0.474 e. The summed E-state index contributed by atoms with van der Waals surface area (Å²) < 4.78 is 6.14. The van der Waals surface area contributed by atoms with Crippen LogP contribution in [-0.4, -0.2) is 17.6 Å². The van der Waals surface area contributed by atoms with Crippen molar-refractivity contribution in [2.24, 2.45) is 0 Å². The van der Waals surface area contributed by atoms with Crippen LogP contribution in [0.15, 0.2) is 30.5 Å². The van der Waals surface area contributed by atoms with Crippen molar-refractivity contribution in [3.8, 4) is 5.88 Å². The van der Waals surface area contributed by atoms with Gasteiger partial charge in [0, 0.05) is 18.1 Å². The fourth-order valence-corrected chi connectivity index (χ4v) is 3.02. The van der Waals surface area contributed by atoms with E-state index in [1.165, 1.54) is 23.8 Å². The summed E-state index contributed by atoms with van der Waals surface area (Å²) in [5.74, 6) is 0.803.